The van der Waals surface area contributed by atoms with Gasteiger partial charge < -0.3 is 4.90 Å². The molecule has 0 atom stereocenters. The Morgan fingerprint density at radius 2 is 1.77 bits per heavy atom. The number of hydrogen-bond donors (Lipinski definition) is 0. The van der Waals surface area contributed by atoms with E-state index in [1.54, 1.807) is 0 Å². The molecule has 80 valence electrons. The lowest BCUT2D eigenvalue weighted by Crippen LogP contribution is -2.21. The lowest BCUT2D eigenvalue weighted by molar-refractivity contribution is 0.327. The number of hydrogen-bond acceptors (Lipinski definition) is 2. The molecule has 0 saturated carbocycles. The minimum Gasteiger partial charge on any atom is -0.306 e. The van der Waals surface area contributed by atoms with Crippen LogP contribution in [0, 0.1) is 0 Å². The van der Waals surface area contributed by atoms with Crippen molar-refractivity contribution in [1.82, 2.24) is 4.90 Å². The summed E-state index contributed by atoms with van der Waals surface area (Å²) in [6.07, 6.45) is 7.21. The maximum Gasteiger partial charge on any atom is 0.0223 e. The van der Waals surface area contributed by atoms with E-state index in [1.165, 1.54) is 44.5 Å². The van der Waals surface area contributed by atoms with Gasteiger partial charge in [0.05, 0.1) is 0 Å². The van der Waals surface area contributed by atoms with Gasteiger partial charge in [-0.25, -0.2) is 0 Å². The van der Waals surface area contributed by atoms with Gasteiger partial charge in [-0.1, -0.05) is 6.42 Å². The highest BCUT2D eigenvalue weighted by molar-refractivity contribution is 7.98. The van der Waals surface area contributed by atoms with Crippen LogP contribution in [0.3, 0.4) is 0 Å². The molecule has 13 heavy (non-hydrogen) atoms. The zero-order valence-corrected chi connectivity index (χ0v) is 10.5. The van der Waals surface area contributed by atoms with Crippen molar-refractivity contribution < 1.29 is 0 Å². The van der Waals surface area contributed by atoms with Gasteiger partial charge in [0.15, 0.2) is 0 Å². The molecule has 0 amide bonds. The molecule has 0 aromatic carbocycles. The van der Waals surface area contributed by atoms with Gasteiger partial charge in [-0.05, 0) is 51.4 Å². The van der Waals surface area contributed by atoms with E-state index in [2.05, 4.69) is 18.2 Å². The monoisotopic (exact) mass is 223 g/mol. The van der Waals surface area contributed by atoms with Gasteiger partial charge in [-0.2, -0.15) is 11.8 Å². The molecule has 0 radical (unpaired) electrons. The summed E-state index contributed by atoms with van der Waals surface area (Å²) in [6, 6.07) is 0. The summed E-state index contributed by atoms with van der Waals surface area (Å²) < 4.78 is 0. The quantitative estimate of drug-likeness (QED) is 0.437. The topological polar surface area (TPSA) is 3.24 Å². The second kappa shape index (κ2) is 10.7. The Bertz CT molecular complexity index is 101. The molecule has 0 heterocycles. The van der Waals surface area contributed by atoms with Gasteiger partial charge in [-0.15, -0.1) is 11.6 Å². The van der Waals surface area contributed by atoms with E-state index in [1.807, 2.05) is 11.8 Å². The average Bonchev–Trinajstić information content (AvgIpc) is 2.13. The summed E-state index contributed by atoms with van der Waals surface area (Å²) in [6.45, 7) is 2.47. The summed E-state index contributed by atoms with van der Waals surface area (Å²) in [5, 5.41) is 0. The third-order valence-electron chi connectivity index (χ3n) is 2.06. The Balaban J connectivity index is 3.05. The fraction of sp³-hybridized carbons (Fsp3) is 1.00. The maximum atomic E-state index is 5.60. The first-order valence-corrected chi connectivity index (χ1v) is 6.97. The molecule has 0 N–H and O–H groups in total. The highest BCUT2D eigenvalue weighted by Gasteiger charge is 1.96. The molecular formula is C10H22ClNS. The number of alkyl halides is 1. The predicted molar refractivity (Wildman–Crippen MR) is 65.1 cm³/mol. The molecule has 0 aromatic rings. The standard InChI is InChI=1S/C10H22ClNS/c1-12(9-6-10-13-2)8-5-3-4-7-11/h3-10H2,1-2H3. The van der Waals surface area contributed by atoms with E-state index in [0.29, 0.717) is 0 Å². The van der Waals surface area contributed by atoms with Crippen molar-refractivity contribution in [3.05, 3.63) is 0 Å². The van der Waals surface area contributed by atoms with Crippen LogP contribution in [0.2, 0.25) is 0 Å². The maximum absolute atomic E-state index is 5.60. The van der Waals surface area contributed by atoms with Crippen LogP contribution < -0.4 is 0 Å². The molecule has 0 unspecified atom stereocenters. The van der Waals surface area contributed by atoms with E-state index in [4.69, 9.17) is 11.6 Å². The Morgan fingerprint density at radius 1 is 1.08 bits per heavy atom. The zero-order valence-electron chi connectivity index (χ0n) is 8.89. The van der Waals surface area contributed by atoms with Crippen molar-refractivity contribution >= 4 is 23.4 Å². The molecule has 0 aliphatic carbocycles. The molecule has 3 heteroatoms. The first kappa shape index (κ1) is 13.6. The Labute approximate surface area is 92.2 Å². The van der Waals surface area contributed by atoms with E-state index in [0.717, 1.165) is 5.88 Å². The lowest BCUT2D eigenvalue weighted by Gasteiger charge is -2.15. The Kier molecular flexibility index (Phi) is 11.2. The molecule has 0 fully saturated rings. The number of halogens is 1. The van der Waals surface area contributed by atoms with E-state index in [-0.39, 0.29) is 0 Å². The van der Waals surface area contributed by atoms with Gasteiger partial charge >= 0.3 is 0 Å². The van der Waals surface area contributed by atoms with Crippen molar-refractivity contribution in [2.75, 3.05) is 38.0 Å². The molecule has 0 aromatic heterocycles. The first-order valence-electron chi connectivity index (χ1n) is 5.04. The second-order valence-electron chi connectivity index (χ2n) is 3.40. The van der Waals surface area contributed by atoms with Crippen LogP contribution in [0.4, 0.5) is 0 Å². The SMILES string of the molecule is CSCCCN(C)CCCCCCl. The highest BCUT2D eigenvalue weighted by Crippen LogP contribution is 2.01. The lowest BCUT2D eigenvalue weighted by atomic mass is 10.2. The largest absolute Gasteiger partial charge is 0.306 e. The zero-order chi connectivity index (χ0) is 9.94. The summed E-state index contributed by atoms with van der Waals surface area (Å²) in [4.78, 5) is 2.42. The molecule has 0 rings (SSSR count). The minimum absolute atomic E-state index is 0.816. The van der Waals surface area contributed by atoms with Crippen molar-refractivity contribution in [1.29, 1.82) is 0 Å². The van der Waals surface area contributed by atoms with E-state index < -0.39 is 0 Å². The van der Waals surface area contributed by atoms with Crippen LogP contribution in [-0.2, 0) is 0 Å². The summed E-state index contributed by atoms with van der Waals surface area (Å²) in [5.74, 6) is 2.10. The van der Waals surface area contributed by atoms with Crippen molar-refractivity contribution in [2.24, 2.45) is 0 Å². The van der Waals surface area contributed by atoms with E-state index >= 15 is 0 Å². The smallest absolute Gasteiger partial charge is 0.0223 e. The fourth-order valence-corrected chi connectivity index (χ4v) is 1.85. The fourth-order valence-electron chi connectivity index (χ4n) is 1.24. The average molecular weight is 224 g/mol. The first-order chi connectivity index (χ1) is 6.31. The van der Waals surface area contributed by atoms with Crippen molar-refractivity contribution in [3.63, 3.8) is 0 Å². The highest BCUT2D eigenvalue weighted by atomic mass is 35.5. The van der Waals surface area contributed by atoms with Gasteiger partial charge in [0, 0.05) is 5.88 Å². The molecule has 0 aliphatic heterocycles. The molecule has 1 nitrogen and oxygen atoms in total. The van der Waals surface area contributed by atoms with Crippen LogP contribution in [0.25, 0.3) is 0 Å². The summed E-state index contributed by atoms with van der Waals surface area (Å²) in [5.41, 5.74) is 0. The number of rotatable bonds is 9. The Hall–Kier alpha value is 0.600. The van der Waals surface area contributed by atoms with Crippen molar-refractivity contribution in [3.8, 4) is 0 Å². The van der Waals surface area contributed by atoms with Gasteiger partial charge in [0.2, 0.25) is 0 Å². The van der Waals surface area contributed by atoms with Gasteiger partial charge in [0.25, 0.3) is 0 Å². The van der Waals surface area contributed by atoms with Crippen LogP contribution in [0.15, 0.2) is 0 Å². The summed E-state index contributed by atoms with van der Waals surface area (Å²) >= 11 is 7.53. The molecule has 0 bridgehead atoms. The van der Waals surface area contributed by atoms with Crippen LogP contribution >= 0.6 is 23.4 Å². The molecule has 0 saturated heterocycles. The normalized spacial score (nSPS) is 11.1. The molecular weight excluding hydrogens is 202 g/mol. The van der Waals surface area contributed by atoms with Crippen LogP contribution in [0.1, 0.15) is 25.7 Å². The number of thioether (sulfide) groups is 1. The van der Waals surface area contributed by atoms with Crippen LogP contribution in [-0.4, -0.2) is 42.9 Å². The minimum atomic E-state index is 0.816. The third kappa shape index (κ3) is 10.5. The van der Waals surface area contributed by atoms with E-state index in [9.17, 15) is 0 Å². The summed E-state index contributed by atoms with van der Waals surface area (Å²) in [7, 11) is 2.21. The number of unbranched alkanes of at least 4 members (excludes halogenated alkanes) is 2. The second-order valence-corrected chi connectivity index (χ2v) is 4.76. The molecule has 0 spiro atoms. The van der Waals surface area contributed by atoms with Crippen molar-refractivity contribution in [2.45, 2.75) is 25.7 Å². The molecule has 0 aliphatic rings. The third-order valence-corrected chi connectivity index (χ3v) is 3.03. The van der Waals surface area contributed by atoms with Gasteiger partial charge in [0.1, 0.15) is 0 Å². The number of nitrogens with zero attached hydrogens (tertiary/aromatic N) is 1. The van der Waals surface area contributed by atoms with Crippen LogP contribution in [0.5, 0.6) is 0 Å². The van der Waals surface area contributed by atoms with Gasteiger partial charge in [-0.3, -0.25) is 0 Å². The Morgan fingerprint density at radius 3 is 2.38 bits per heavy atom. The predicted octanol–water partition coefficient (Wildman–Crippen LogP) is 3.08.